The van der Waals surface area contributed by atoms with Crippen LogP contribution in [0, 0.1) is 5.92 Å². The number of nitrogens with zero attached hydrogens (tertiary/aromatic N) is 3. The standard InChI is InChI=1S/C83H129N17O20/c1-20-81(17,97-70(115)78(11,12)95-69(114)77(9,10)94-68(113)76(7,8)90-63(108)56(86-48(6)102)40-50-32-27-24-28-33-50)71(116)85-43-61(106)88-55(38-47(4)5)64(109)92-82(18,21-2)72(117)96-80(15,16)74(119)99-44-52(103)41-58(99)66(111)89-54(35-36-60(84)105)62(107)93-83(19,22-3)75(120)100-45-53(104)42-59(100)67(112)91-79(13,14)73(118)98-37-29-34-57(98)65(110)87-51(46-101)39-49-30-25-23-26-31-49/h23-28,30-33,47,51-59,101,103-104H,20-22,29,34-46H2,1-19H3,(H2,84,105)(H,85,116)(H,86,102)(H,87,110)(H,88,106)(H,89,111)(H,90,108)(H,91,112)(H,92,109)(H,93,107)(H,94,113)(H,95,114)(H,96,117)(H,97,115)/t51-,52+,53+,54-,55-,56-,57-,58-,59-,81-,82-,83-/m0/s1. The maximum Gasteiger partial charge on any atom is 0.248 e. The van der Waals surface area contributed by atoms with Crippen molar-refractivity contribution >= 4 is 100 Å². The maximum absolute atomic E-state index is 14.8. The highest BCUT2D eigenvalue weighted by atomic mass is 16.3. The molecular weight excluding hydrogens is 1560 g/mol. The minimum Gasteiger partial charge on any atom is -0.394 e. The van der Waals surface area contributed by atoms with E-state index in [2.05, 4.69) is 69.1 Å². The van der Waals surface area contributed by atoms with E-state index in [0.29, 0.717) is 19.3 Å². The van der Waals surface area contributed by atoms with E-state index < -0.39 is 225 Å². The smallest absolute Gasteiger partial charge is 0.248 e. The van der Waals surface area contributed by atoms with Gasteiger partial charge in [0.05, 0.1) is 31.4 Å². The Morgan fingerprint density at radius 3 is 1.39 bits per heavy atom. The molecule has 2 aromatic carbocycles. The highest BCUT2D eigenvalue weighted by molar-refractivity contribution is 6.04. The molecule has 3 aliphatic heterocycles. The number of hydrogen-bond acceptors (Lipinski definition) is 20. The summed E-state index contributed by atoms with van der Waals surface area (Å²) in [6.45, 7) is 25.5. The van der Waals surface area contributed by atoms with Gasteiger partial charge in [0.1, 0.15) is 80.6 Å². The van der Waals surface area contributed by atoms with Crippen molar-refractivity contribution in [3.05, 3.63) is 71.8 Å². The first kappa shape index (κ1) is 99.9. The molecule has 120 heavy (non-hydrogen) atoms. The minimum atomic E-state index is -1.91. The van der Waals surface area contributed by atoms with Crippen molar-refractivity contribution < 1.29 is 96.8 Å². The van der Waals surface area contributed by atoms with Crippen LogP contribution in [0.25, 0.3) is 0 Å². The molecule has 0 bridgehead atoms. The number of nitrogens with one attached hydrogen (secondary N) is 13. The quantitative estimate of drug-likeness (QED) is 0.0346. The molecule has 0 aromatic heterocycles. The SMILES string of the molecule is CC[C@](C)(NC(=O)[C@H](CC(C)C)NC(=O)CNC(=O)[C@](C)(CC)NC(=O)C(C)(C)NC(=O)C(C)(C)NC(=O)C(C)(C)NC(=O)[C@H](Cc1ccccc1)NC(C)=O)C(=O)NC(C)(C)C(=O)N1C[C@H](O)C[C@H]1C(=O)N[C@@H](CCC(N)=O)C(=O)N[C@@](C)(CC)C(=O)N1C[C@H](O)C[C@H]1C(=O)NC(C)(C)C(=O)N1CCC[C@H]1C(=O)N[C@H](CO)Cc1ccccc1. The van der Waals surface area contributed by atoms with Crippen molar-refractivity contribution in [3.63, 3.8) is 0 Å². The van der Waals surface area contributed by atoms with Crippen LogP contribution in [0.2, 0.25) is 0 Å². The first-order valence-electron chi connectivity index (χ1n) is 40.9. The molecule has 3 fully saturated rings. The van der Waals surface area contributed by atoms with Crippen LogP contribution in [0.1, 0.15) is 207 Å². The average molecular weight is 1690 g/mol. The lowest BCUT2D eigenvalue weighted by molar-refractivity contribution is -0.149. The molecular formula is C83H129N17O20. The molecule has 3 aliphatic rings. The van der Waals surface area contributed by atoms with E-state index in [0.717, 1.165) is 20.9 Å². The van der Waals surface area contributed by atoms with Crippen molar-refractivity contribution in [2.45, 2.75) is 307 Å². The molecule has 666 valence electrons. The molecule has 37 heteroatoms. The Labute approximate surface area is 701 Å². The Morgan fingerprint density at radius 1 is 0.458 bits per heavy atom. The molecule has 5 rings (SSSR count). The predicted molar refractivity (Wildman–Crippen MR) is 440 cm³/mol. The van der Waals surface area contributed by atoms with Gasteiger partial charge in [-0.1, -0.05) is 95.3 Å². The molecule has 3 saturated heterocycles. The topological polar surface area (TPSA) is 543 Å². The summed E-state index contributed by atoms with van der Waals surface area (Å²) < 4.78 is 0. The van der Waals surface area contributed by atoms with Crippen LogP contribution >= 0.6 is 0 Å². The zero-order chi connectivity index (χ0) is 90.8. The molecule has 17 amide bonds. The summed E-state index contributed by atoms with van der Waals surface area (Å²) in [5.74, 6) is -13.9. The van der Waals surface area contributed by atoms with E-state index in [9.17, 15) is 96.8 Å². The van der Waals surface area contributed by atoms with Crippen molar-refractivity contribution in [3.8, 4) is 0 Å². The Kier molecular flexibility index (Phi) is 34.6. The first-order chi connectivity index (χ1) is 55.5. The number of nitrogens with two attached hydrogens (primary N) is 1. The molecule has 0 unspecified atom stereocenters. The number of primary amides is 1. The molecule has 3 heterocycles. The van der Waals surface area contributed by atoms with Crippen LogP contribution in [-0.2, 0) is 94.3 Å². The van der Waals surface area contributed by atoms with Crippen molar-refractivity contribution in [2.24, 2.45) is 11.7 Å². The number of carbonyl (C=O) groups excluding carboxylic acids is 17. The molecule has 2 aromatic rings. The van der Waals surface area contributed by atoms with Gasteiger partial charge in [0.15, 0.2) is 0 Å². The van der Waals surface area contributed by atoms with Gasteiger partial charge in [-0.05, 0) is 158 Å². The predicted octanol–water partition coefficient (Wildman–Crippen LogP) is -1.91. The van der Waals surface area contributed by atoms with E-state index in [1.54, 1.807) is 65.0 Å². The first-order valence-corrected chi connectivity index (χ1v) is 40.9. The van der Waals surface area contributed by atoms with Gasteiger partial charge < -0.3 is 105 Å². The maximum atomic E-state index is 14.8. The number of rotatable bonds is 41. The highest BCUT2D eigenvalue weighted by Crippen LogP contribution is 2.30. The molecule has 0 spiro atoms. The lowest BCUT2D eigenvalue weighted by Crippen LogP contribution is -2.68. The van der Waals surface area contributed by atoms with Crippen LogP contribution in [0.4, 0.5) is 0 Å². The summed E-state index contributed by atoms with van der Waals surface area (Å²) >= 11 is 0. The molecule has 0 aliphatic carbocycles. The van der Waals surface area contributed by atoms with E-state index in [1.165, 1.54) is 102 Å². The number of amides is 17. The Bertz CT molecular complexity index is 4100. The van der Waals surface area contributed by atoms with E-state index >= 15 is 0 Å². The number of benzene rings is 2. The number of aliphatic hydroxyl groups is 3. The van der Waals surface area contributed by atoms with Gasteiger partial charge in [0.2, 0.25) is 100 Å². The fourth-order valence-electron chi connectivity index (χ4n) is 14.1. The monoisotopic (exact) mass is 1680 g/mol. The Morgan fingerprint density at radius 2 is 0.892 bits per heavy atom. The number of hydrogen-bond donors (Lipinski definition) is 17. The fourth-order valence-corrected chi connectivity index (χ4v) is 14.1. The lowest BCUT2D eigenvalue weighted by atomic mass is 9.93. The number of β-amino-alcohol motifs (C(OH)–C–C–N with tert-alkyl or cyclic N) is 2. The van der Waals surface area contributed by atoms with Gasteiger partial charge >= 0.3 is 0 Å². The van der Waals surface area contributed by atoms with Crippen LogP contribution < -0.4 is 74.9 Å². The van der Waals surface area contributed by atoms with Gasteiger partial charge in [-0.15, -0.1) is 0 Å². The lowest BCUT2D eigenvalue weighted by Gasteiger charge is -2.38. The van der Waals surface area contributed by atoms with Crippen molar-refractivity contribution in [2.75, 3.05) is 32.8 Å². The third-order valence-corrected chi connectivity index (χ3v) is 22.2. The van der Waals surface area contributed by atoms with Gasteiger partial charge in [-0.25, -0.2) is 0 Å². The van der Waals surface area contributed by atoms with E-state index in [1.807, 2.05) is 30.3 Å². The summed E-state index contributed by atoms with van der Waals surface area (Å²) in [5, 5.41) is 66.5. The number of carbonyl (C=O) groups is 17. The molecule has 37 nitrogen and oxygen atoms in total. The van der Waals surface area contributed by atoms with Crippen LogP contribution in [0.15, 0.2) is 60.7 Å². The van der Waals surface area contributed by atoms with Crippen molar-refractivity contribution in [1.29, 1.82) is 0 Å². The third-order valence-electron chi connectivity index (χ3n) is 22.2. The van der Waals surface area contributed by atoms with Crippen LogP contribution in [-0.4, -0.2) is 262 Å². The summed E-state index contributed by atoms with van der Waals surface area (Å²) in [6.07, 6.45) is -3.20. The second kappa shape index (κ2) is 41.5. The minimum absolute atomic E-state index is 0.0120. The van der Waals surface area contributed by atoms with Gasteiger partial charge in [-0.3, -0.25) is 81.5 Å². The Hall–Kier alpha value is -10.7. The largest absolute Gasteiger partial charge is 0.394 e. The highest BCUT2D eigenvalue weighted by Gasteiger charge is 2.52. The van der Waals surface area contributed by atoms with Gasteiger partial charge in [-0.2, -0.15) is 0 Å². The molecule has 0 saturated carbocycles. The molecule has 0 radical (unpaired) electrons. The zero-order valence-electron chi connectivity index (χ0n) is 72.8. The van der Waals surface area contributed by atoms with Crippen LogP contribution in [0.5, 0.6) is 0 Å². The fraction of sp³-hybridized carbons (Fsp3) is 0.651. The average Bonchev–Trinajstić information content (AvgIpc) is 1.62. The summed E-state index contributed by atoms with van der Waals surface area (Å²) in [7, 11) is 0. The number of likely N-dealkylation sites (tertiary alicyclic amines) is 3. The summed E-state index contributed by atoms with van der Waals surface area (Å²) in [6, 6.07) is 9.58. The van der Waals surface area contributed by atoms with E-state index in [4.69, 9.17) is 5.73 Å². The normalized spacial score (nSPS) is 19.5. The van der Waals surface area contributed by atoms with Gasteiger partial charge in [0, 0.05) is 52.2 Å². The number of aliphatic hydroxyl groups excluding tert-OH is 3. The summed E-state index contributed by atoms with van der Waals surface area (Å²) in [4.78, 5) is 240. The third kappa shape index (κ3) is 26.9. The second-order valence-electron chi connectivity index (χ2n) is 35.4. The summed E-state index contributed by atoms with van der Waals surface area (Å²) in [5.41, 5.74) is -6.95. The second-order valence-corrected chi connectivity index (χ2v) is 35.4. The molecule has 12 atom stereocenters. The van der Waals surface area contributed by atoms with Gasteiger partial charge in [0.25, 0.3) is 0 Å². The van der Waals surface area contributed by atoms with E-state index in [-0.39, 0.29) is 70.6 Å². The van der Waals surface area contributed by atoms with Crippen molar-refractivity contribution in [1.82, 2.24) is 83.8 Å². The Balaban J connectivity index is 1.20. The van der Waals surface area contributed by atoms with Crippen LogP contribution in [0.3, 0.4) is 0 Å². The molecule has 18 N–H and O–H groups in total. The zero-order valence-corrected chi connectivity index (χ0v) is 72.8.